The topological polar surface area (TPSA) is 38.1 Å². The maximum absolute atomic E-state index is 5.83. The molecule has 0 spiro atoms. The fraction of sp³-hybridized carbons (Fsp3) is 0.769. The number of nitrogens with one attached hydrogen (secondary N) is 1. The Labute approximate surface area is 97.6 Å². The minimum Gasteiger partial charge on any atom is -0.444 e. The third kappa shape index (κ3) is 2.29. The van der Waals surface area contributed by atoms with Gasteiger partial charge in [-0.2, -0.15) is 0 Å². The molecule has 0 saturated heterocycles. The smallest absolute Gasteiger partial charge is 0.211 e. The highest BCUT2D eigenvalue weighted by Crippen LogP contribution is 2.58. The SMILES string of the molecule is CCCNC(C)c1ncc(C2CC2(C)C)o1. The Hall–Kier alpha value is -0.830. The van der Waals surface area contributed by atoms with Gasteiger partial charge in [0, 0.05) is 5.92 Å². The summed E-state index contributed by atoms with van der Waals surface area (Å²) in [5, 5.41) is 3.39. The molecule has 3 heteroatoms. The molecule has 2 atom stereocenters. The van der Waals surface area contributed by atoms with Crippen molar-refractivity contribution < 1.29 is 4.42 Å². The average Bonchev–Trinajstić information content (AvgIpc) is 2.67. The van der Waals surface area contributed by atoms with Crippen molar-refractivity contribution in [2.45, 2.75) is 52.5 Å². The first-order valence-electron chi connectivity index (χ1n) is 6.23. The van der Waals surface area contributed by atoms with Crippen LogP contribution in [0.4, 0.5) is 0 Å². The second-order valence-electron chi connectivity index (χ2n) is 5.52. The first-order chi connectivity index (χ1) is 7.54. The van der Waals surface area contributed by atoms with Crippen molar-refractivity contribution in [1.82, 2.24) is 10.3 Å². The maximum atomic E-state index is 5.83. The monoisotopic (exact) mass is 222 g/mol. The molecule has 16 heavy (non-hydrogen) atoms. The van der Waals surface area contributed by atoms with E-state index in [1.54, 1.807) is 0 Å². The molecule has 1 N–H and O–H groups in total. The van der Waals surface area contributed by atoms with Crippen LogP contribution in [0.1, 0.15) is 64.1 Å². The van der Waals surface area contributed by atoms with E-state index in [-0.39, 0.29) is 6.04 Å². The molecule has 1 aliphatic rings. The number of nitrogens with zero attached hydrogens (tertiary/aromatic N) is 1. The highest BCUT2D eigenvalue weighted by Gasteiger charge is 2.48. The minimum atomic E-state index is 0.218. The van der Waals surface area contributed by atoms with Gasteiger partial charge in [-0.05, 0) is 31.7 Å². The van der Waals surface area contributed by atoms with Gasteiger partial charge in [-0.3, -0.25) is 0 Å². The van der Waals surface area contributed by atoms with Crippen LogP contribution in [-0.4, -0.2) is 11.5 Å². The van der Waals surface area contributed by atoms with E-state index in [9.17, 15) is 0 Å². The van der Waals surface area contributed by atoms with E-state index >= 15 is 0 Å². The number of hydrogen-bond donors (Lipinski definition) is 1. The molecule has 2 rings (SSSR count). The highest BCUT2D eigenvalue weighted by molar-refractivity contribution is 5.17. The lowest BCUT2D eigenvalue weighted by Gasteiger charge is -2.08. The van der Waals surface area contributed by atoms with Gasteiger partial charge in [0.05, 0.1) is 12.2 Å². The van der Waals surface area contributed by atoms with E-state index in [1.807, 2.05) is 6.20 Å². The van der Waals surface area contributed by atoms with Crippen molar-refractivity contribution >= 4 is 0 Å². The van der Waals surface area contributed by atoms with Gasteiger partial charge in [-0.15, -0.1) is 0 Å². The fourth-order valence-electron chi connectivity index (χ4n) is 2.06. The van der Waals surface area contributed by atoms with Crippen molar-refractivity contribution in [3.63, 3.8) is 0 Å². The molecule has 0 bridgehead atoms. The van der Waals surface area contributed by atoms with Crippen LogP contribution in [0.25, 0.3) is 0 Å². The lowest BCUT2D eigenvalue weighted by atomic mass is 10.1. The zero-order valence-electron chi connectivity index (χ0n) is 10.7. The van der Waals surface area contributed by atoms with Crippen LogP contribution >= 0.6 is 0 Å². The van der Waals surface area contributed by atoms with E-state index in [0.717, 1.165) is 24.6 Å². The average molecular weight is 222 g/mol. The van der Waals surface area contributed by atoms with Gasteiger partial charge in [0.25, 0.3) is 0 Å². The number of oxazole rings is 1. The molecule has 1 fully saturated rings. The van der Waals surface area contributed by atoms with Crippen LogP contribution in [-0.2, 0) is 0 Å². The van der Waals surface area contributed by atoms with Crippen molar-refractivity contribution in [3.05, 3.63) is 17.8 Å². The van der Waals surface area contributed by atoms with Crippen molar-refractivity contribution in [2.75, 3.05) is 6.54 Å². The van der Waals surface area contributed by atoms with Gasteiger partial charge in [0.1, 0.15) is 5.76 Å². The zero-order valence-corrected chi connectivity index (χ0v) is 10.7. The fourth-order valence-corrected chi connectivity index (χ4v) is 2.06. The molecule has 0 aromatic carbocycles. The number of aromatic nitrogens is 1. The van der Waals surface area contributed by atoms with Gasteiger partial charge in [-0.25, -0.2) is 4.98 Å². The number of rotatable bonds is 5. The molecule has 1 heterocycles. The molecule has 1 saturated carbocycles. The van der Waals surface area contributed by atoms with Crippen LogP contribution in [0.3, 0.4) is 0 Å². The number of hydrogen-bond acceptors (Lipinski definition) is 3. The van der Waals surface area contributed by atoms with Gasteiger partial charge in [0.2, 0.25) is 5.89 Å². The molecule has 2 unspecified atom stereocenters. The van der Waals surface area contributed by atoms with Gasteiger partial charge >= 0.3 is 0 Å². The lowest BCUT2D eigenvalue weighted by Crippen LogP contribution is -2.19. The van der Waals surface area contributed by atoms with Crippen molar-refractivity contribution in [1.29, 1.82) is 0 Å². The summed E-state index contributed by atoms with van der Waals surface area (Å²) in [6.45, 7) is 9.82. The Morgan fingerprint density at radius 1 is 1.62 bits per heavy atom. The largest absolute Gasteiger partial charge is 0.444 e. The first kappa shape index (κ1) is 11.6. The molecule has 1 aliphatic carbocycles. The summed E-state index contributed by atoms with van der Waals surface area (Å²) in [7, 11) is 0. The summed E-state index contributed by atoms with van der Waals surface area (Å²) in [6.07, 6.45) is 4.25. The molecule has 3 nitrogen and oxygen atoms in total. The third-order valence-electron chi connectivity index (χ3n) is 3.47. The summed E-state index contributed by atoms with van der Waals surface area (Å²) in [4.78, 5) is 4.37. The van der Waals surface area contributed by atoms with Crippen LogP contribution in [0, 0.1) is 5.41 Å². The second-order valence-corrected chi connectivity index (χ2v) is 5.52. The van der Waals surface area contributed by atoms with Crippen LogP contribution < -0.4 is 5.32 Å². The Morgan fingerprint density at radius 2 is 2.31 bits per heavy atom. The summed E-state index contributed by atoms with van der Waals surface area (Å²) >= 11 is 0. The first-order valence-corrected chi connectivity index (χ1v) is 6.23. The standard InChI is InChI=1S/C13H22N2O/c1-5-6-14-9(2)12-15-8-11(16-12)10-7-13(10,3)4/h8-10,14H,5-7H2,1-4H3. The maximum Gasteiger partial charge on any atom is 0.211 e. The molecule has 1 aromatic rings. The predicted molar refractivity (Wildman–Crippen MR) is 64.4 cm³/mol. The van der Waals surface area contributed by atoms with E-state index in [4.69, 9.17) is 4.42 Å². The van der Waals surface area contributed by atoms with E-state index in [1.165, 1.54) is 6.42 Å². The quantitative estimate of drug-likeness (QED) is 0.831. The molecular weight excluding hydrogens is 200 g/mol. The van der Waals surface area contributed by atoms with Crippen molar-refractivity contribution in [3.8, 4) is 0 Å². The summed E-state index contributed by atoms with van der Waals surface area (Å²) in [6, 6.07) is 0.218. The van der Waals surface area contributed by atoms with Gasteiger partial charge < -0.3 is 9.73 Å². The van der Waals surface area contributed by atoms with Crippen molar-refractivity contribution in [2.24, 2.45) is 5.41 Å². The van der Waals surface area contributed by atoms with E-state index < -0.39 is 0 Å². The van der Waals surface area contributed by atoms with Gasteiger partial charge in [0.15, 0.2) is 0 Å². The Kier molecular flexibility index (Phi) is 3.06. The molecule has 0 amide bonds. The van der Waals surface area contributed by atoms with E-state index in [0.29, 0.717) is 11.3 Å². The zero-order chi connectivity index (χ0) is 11.8. The molecule has 0 radical (unpaired) electrons. The summed E-state index contributed by atoms with van der Waals surface area (Å²) < 4.78 is 5.83. The molecule has 1 aromatic heterocycles. The predicted octanol–water partition coefficient (Wildman–Crippen LogP) is 3.25. The lowest BCUT2D eigenvalue weighted by molar-refractivity contribution is 0.387. The minimum absolute atomic E-state index is 0.218. The third-order valence-corrected chi connectivity index (χ3v) is 3.47. The van der Waals surface area contributed by atoms with Crippen LogP contribution in [0.2, 0.25) is 0 Å². The molecular formula is C13H22N2O. The normalized spacial score (nSPS) is 24.4. The van der Waals surface area contributed by atoms with Crippen LogP contribution in [0.5, 0.6) is 0 Å². The Balaban J connectivity index is 1.97. The highest BCUT2D eigenvalue weighted by atomic mass is 16.4. The molecule has 90 valence electrons. The molecule has 0 aliphatic heterocycles. The summed E-state index contributed by atoms with van der Waals surface area (Å²) in [5.41, 5.74) is 0.414. The van der Waals surface area contributed by atoms with Gasteiger partial charge in [-0.1, -0.05) is 20.8 Å². The second kappa shape index (κ2) is 4.21. The Bertz CT molecular complexity index is 357. The Morgan fingerprint density at radius 3 is 2.88 bits per heavy atom. The van der Waals surface area contributed by atoms with E-state index in [2.05, 4.69) is 38.0 Å². The summed E-state index contributed by atoms with van der Waals surface area (Å²) in [5.74, 6) is 2.46. The van der Waals surface area contributed by atoms with Crippen LogP contribution in [0.15, 0.2) is 10.6 Å².